The zero-order chi connectivity index (χ0) is 16.8. The summed E-state index contributed by atoms with van der Waals surface area (Å²) in [7, 11) is 1.45. The van der Waals surface area contributed by atoms with Gasteiger partial charge >= 0.3 is 5.97 Å². The molecule has 0 aliphatic rings. The Hall–Kier alpha value is -1.89. The summed E-state index contributed by atoms with van der Waals surface area (Å²) in [6.07, 6.45) is 1.56. The zero-order valence-corrected chi connectivity index (χ0v) is 13.5. The number of hydrogen-bond acceptors (Lipinski definition) is 5. The minimum atomic E-state index is -1.02. The van der Waals surface area contributed by atoms with Gasteiger partial charge in [-0.2, -0.15) is 0 Å². The topological polar surface area (TPSA) is 102 Å². The number of amides is 1. The van der Waals surface area contributed by atoms with E-state index < -0.39 is 17.4 Å². The van der Waals surface area contributed by atoms with Gasteiger partial charge in [-0.15, -0.1) is 0 Å². The Bertz CT molecular complexity index is 510. The molecular formula is C15H24N2O5. The highest BCUT2D eigenvalue weighted by Gasteiger charge is 2.31. The molecular weight excluding hydrogens is 288 g/mol. The molecule has 1 atom stereocenters. The number of aliphatic carboxylic acids is 1. The summed E-state index contributed by atoms with van der Waals surface area (Å²) in [5.41, 5.74) is -0.277. The lowest BCUT2D eigenvalue weighted by Gasteiger charge is -2.27. The van der Waals surface area contributed by atoms with E-state index in [4.69, 9.17) is 14.4 Å². The van der Waals surface area contributed by atoms with E-state index in [0.29, 0.717) is 0 Å². The predicted octanol–water partition coefficient (Wildman–Crippen LogP) is 2.19. The van der Waals surface area contributed by atoms with E-state index in [1.807, 2.05) is 13.8 Å². The molecule has 1 aromatic rings. The monoisotopic (exact) mass is 312 g/mol. The largest absolute Gasteiger partial charge is 0.481 e. The Morgan fingerprint density at radius 3 is 2.59 bits per heavy atom. The SMILES string of the molecule is CCC(CC)c1cc(C(=O)NC(C)(COC)CC(=O)O)on1. The standard InChI is InChI=1S/C15H24N2O5/c1-5-10(6-2)11-7-12(22-17-11)14(20)16-15(3,9-21-4)8-13(18)19/h7,10H,5-6,8-9H2,1-4H3,(H,16,20)(H,18,19). The molecule has 0 spiro atoms. The molecule has 0 saturated carbocycles. The fourth-order valence-electron chi connectivity index (χ4n) is 2.41. The average molecular weight is 312 g/mol. The third kappa shape index (κ3) is 4.84. The van der Waals surface area contributed by atoms with Crippen LogP contribution in [0.2, 0.25) is 0 Å². The number of rotatable bonds is 9. The minimum absolute atomic E-state index is 0.0783. The Kier molecular flexibility index (Phi) is 6.55. The molecule has 22 heavy (non-hydrogen) atoms. The summed E-state index contributed by atoms with van der Waals surface area (Å²) in [5, 5.41) is 15.5. The number of carboxylic acids is 1. The molecule has 0 radical (unpaired) electrons. The first-order chi connectivity index (χ1) is 10.3. The number of hydrogen-bond donors (Lipinski definition) is 2. The summed E-state index contributed by atoms with van der Waals surface area (Å²) >= 11 is 0. The van der Waals surface area contributed by atoms with Crippen molar-refractivity contribution >= 4 is 11.9 Å². The molecule has 0 bridgehead atoms. The third-order valence-electron chi connectivity index (χ3n) is 3.58. The van der Waals surface area contributed by atoms with E-state index in [1.165, 1.54) is 7.11 Å². The second kappa shape index (κ2) is 7.93. The molecule has 0 fully saturated rings. The maximum Gasteiger partial charge on any atom is 0.305 e. The maximum atomic E-state index is 12.2. The van der Waals surface area contributed by atoms with E-state index in [0.717, 1.165) is 18.5 Å². The van der Waals surface area contributed by atoms with Gasteiger partial charge in [0.1, 0.15) is 0 Å². The molecule has 2 N–H and O–H groups in total. The first kappa shape index (κ1) is 18.2. The molecule has 0 aromatic carbocycles. The van der Waals surface area contributed by atoms with Crippen LogP contribution in [0, 0.1) is 0 Å². The summed E-state index contributed by atoms with van der Waals surface area (Å²) in [6, 6.07) is 1.61. The number of methoxy groups -OCH3 is 1. The number of nitrogens with one attached hydrogen (secondary N) is 1. The number of carbonyl (C=O) groups excluding carboxylic acids is 1. The van der Waals surface area contributed by atoms with Crippen LogP contribution in [0.1, 0.15) is 62.2 Å². The Morgan fingerprint density at radius 1 is 1.45 bits per heavy atom. The van der Waals surface area contributed by atoms with E-state index >= 15 is 0 Å². The molecule has 0 saturated heterocycles. The Balaban J connectivity index is 2.84. The van der Waals surface area contributed by atoms with Crippen molar-refractivity contribution < 1.29 is 24.0 Å². The summed E-state index contributed by atoms with van der Waals surface area (Å²) in [4.78, 5) is 23.2. The van der Waals surface area contributed by atoms with Crippen molar-refractivity contribution in [3.8, 4) is 0 Å². The van der Waals surface area contributed by atoms with Crippen molar-refractivity contribution in [2.24, 2.45) is 0 Å². The van der Waals surface area contributed by atoms with Crippen LogP contribution in [0.15, 0.2) is 10.6 Å². The number of ether oxygens (including phenoxy) is 1. The summed E-state index contributed by atoms with van der Waals surface area (Å²) in [6.45, 7) is 5.79. The van der Waals surface area contributed by atoms with Gasteiger partial charge in [0.05, 0.1) is 24.3 Å². The van der Waals surface area contributed by atoms with Gasteiger partial charge in [0.2, 0.25) is 5.76 Å². The zero-order valence-electron chi connectivity index (χ0n) is 13.5. The van der Waals surface area contributed by atoms with Crippen LogP contribution in [0.5, 0.6) is 0 Å². The van der Waals surface area contributed by atoms with Gasteiger partial charge in [0.25, 0.3) is 5.91 Å². The number of nitrogens with zero attached hydrogens (tertiary/aromatic N) is 1. The Labute approximate surface area is 130 Å². The lowest BCUT2D eigenvalue weighted by Crippen LogP contribution is -2.50. The van der Waals surface area contributed by atoms with Crippen molar-refractivity contribution in [3.05, 3.63) is 17.5 Å². The number of carboxylic acid groups (broad SMARTS) is 1. The van der Waals surface area contributed by atoms with Gasteiger partial charge in [-0.25, -0.2) is 0 Å². The molecule has 7 nitrogen and oxygen atoms in total. The van der Waals surface area contributed by atoms with Crippen molar-refractivity contribution in [1.29, 1.82) is 0 Å². The smallest absolute Gasteiger partial charge is 0.305 e. The van der Waals surface area contributed by atoms with E-state index in [9.17, 15) is 9.59 Å². The van der Waals surface area contributed by atoms with E-state index in [1.54, 1.807) is 13.0 Å². The van der Waals surface area contributed by atoms with Crippen LogP contribution in [0.4, 0.5) is 0 Å². The molecule has 7 heteroatoms. The molecule has 1 aromatic heterocycles. The minimum Gasteiger partial charge on any atom is -0.481 e. The van der Waals surface area contributed by atoms with Gasteiger partial charge in [0, 0.05) is 19.1 Å². The van der Waals surface area contributed by atoms with Crippen molar-refractivity contribution in [1.82, 2.24) is 10.5 Å². The van der Waals surface area contributed by atoms with Gasteiger partial charge in [-0.1, -0.05) is 19.0 Å². The van der Waals surface area contributed by atoms with E-state index in [-0.39, 0.29) is 24.7 Å². The van der Waals surface area contributed by atoms with Crippen LogP contribution in [-0.4, -0.2) is 41.4 Å². The molecule has 0 aliphatic carbocycles. The third-order valence-corrected chi connectivity index (χ3v) is 3.58. The highest BCUT2D eigenvalue weighted by Crippen LogP contribution is 2.22. The second-order valence-electron chi connectivity index (χ2n) is 5.65. The molecule has 1 heterocycles. The molecule has 0 aliphatic heterocycles. The quantitative estimate of drug-likeness (QED) is 0.724. The average Bonchev–Trinajstić information content (AvgIpc) is 2.88. The fraction of sp³-hybridized carbons (Fsp3) is 0.667. The maximum absolute atomic E-state index is 12.2. The summed E-state index contributed by atoms with van der Waals surface area (Å²) < 4.78 is 10.1. The first-order valence-electron chi connectivity index (χ1n) is 7.35. The number of carbonyl (C=O) groups is 2. The lowest BCUT2D eigenvalue weighted by atomic mass is 9.98. The van der Waals surface area contributed by atoms with Gasteiger partial charge in [-0.05, 0) is 19.8 Å². The highest BCUT2D eigenvalue weighted by atomic mass is 16.5. The van der Waals surface area contributed by atoms with Crippen molar-refractivity contribution in [2.45, 2.75) is 51.5 Å². The predicted molar refractivity (Wildman–Crippen MR) is 79.8 cm³/mol. The lowest BCUT2D eigenvalue weighted by molar-refractivity contribution is -0.139. The van der Waals surface area contributed by atoms with Crippen LogP contribution >= 0.6 is 0 Å². The van der Waals surface area contributed by atoms with Gasteiger partial charge in [-0.3, -0.25) is 9.59 Å². The Morgan fingerprint density at radius 2 is 2.09 bits per heavy atom. The molecule has 1 amide bonds. The van der Waals surface area contributed by atoms with Gasteiger partial charge in [0.15, 0.2) is 0 Å². The number of aromatic nitrogens is 1. The van der Waals surface area contributed by atoms with Crippen molar-refractivity contribution in [3.63, 3.8) is 0 Å². The summed E-state index contributed by atoms with van der Waals surface area (Å²) in [5.74, 6) is -1.19. The van der Waals surface area contributed by atoms with Crippen LogP contribution in [0.25, 0.3) is 0 Å². The van der Waals surface area contributed by atoms with E-state index in [2.05, 4.69) is 10.5 Å². The normalized spacial score (nSPS) is 13.9. The van der Waals surface area contributed by atoms with Crippen LogP contribution in [-0.2, 0) is 9.53 Å². The van der Waals surface area contributed by atoms with Crippen LogP contribution < -0.4 is 5.32 Å². The highest BCUT2D eigenvalue weighted by molar-refractivity contribution is 5.92. The van der Waals surface area contributed by atoms with Gasteiger partial charge < -0.3 is 19.7 Å². The molecule has 1 unspecified atom stereocenters. The fourth-order valence-corrected chi connectivity index (χ4v) is 2.41. The molecule has 1 rings (SSSR count). The first-order valence-corrected chi connectivity index (χ1v) is 7.35. The molecule has 124 valence electrons. The van der Waals surface area contributed by atoms with Crippen LogP contribution in [0.3, 0.4) is 0 Å². The second-order valence-corrected chi connectivity index (χ2v) is 5.65. The van der Waals surface area contributed by atoms with Crippen molar-refractivity contribution in [2.75, 3.05) is 13.7 Å².